The van der Waals surface area contributed by atoms with Gasteiger partial charge < -0.3 is 0 Å². The van der Waals surface area contributed by atoms with Crippen LogP contribution in [0.2, 0.25) is 0 Å². The molecular weight excluding hydrogens is 516 g/mol. The Bertz CT molecular complexity index is 2300. The van der Waals surface area contributed by atoms with Crippen LogP contribution in [0.1, 0.15) is 16.7 Å². The Morgan fingerprint density at radius 1 is 0.452 bits per heavy atom. The molecule has 0 amide bonds. The van der Waals surface area contributed by atoms with Gasteiger partial charge in [0, 0.05) is 32.8 Å². The molecule has 5 aromatic carbocycles. The highest BCUT2D eigenvalue weighted by molar-refractivity contribution is 6.22. The van der Waals surface area contributed by atoms with Crippen molar-refractivity contribution >= 4 is 32.7 Å². The van der Waals surface area contributed by atoms with Gasteiger partial charge in [-0.15, -0.1) is 0 Å². The van der Waals surface area contributed by atoms with Crippen molar-refractivity contribution in [1.29, 1.82) is 15.8 Å². The molecule has 0 bridgehead atoms. The molecule has 42 heavy (non-hydrogen) atoms. The van der Waals surface area contributed by atoms with Gasteiger partial charge in [-0.2, -0.15) is 15.8 Å². The van der Waals surface area contributed by atoms with E-state index in [0.717, 1.165) is 38.4 Å². The van der Waals surface area contributed by atoms with Crippen LogP contribution in [-0.2, 0) is 0 Å². The minimum Gasteiger partial charge on any atom is -0.247 e. The molecule has 0 N–H and O–H groups in total. The molecule has 2 aromatic heterocycles. The number of rotatable bonds is 3. The smallest absolute Gasteiger partial charge is 0.0999 e. The second-order valence-electron chi connectivity index (χ2n) is 9.80. The number of fused-ring (bicyclic) bond motifs is 5. The van der Waals surface area contributed by atoms with Gasteiger partial charge in [-0.05, 0) is 36.4 Å². The van der Waals surface area contributed by atoms with E-state index in [0.29, 0.717) is 44.8 Å². The number of pyridine rings is 1. The van der Waals surface area contributed by atoms with Crippen molar-refractivity contribution in [1.82, 2.24) is 15.0 Å². The van der Waals surface area contributed by atoms with Crippen molar-refractivity contribution in [3.63, 3.8) is 0 Å². The molecule has 7 aromatic rings. The molecule has 0 aliphatic rings. The van der Waals surface area contributed by atoms with E-state index >= 15 is 0 Å². The SMILES string of the molecule is N#Cc1ccc(-c2nc3cc(C#N)c4c(-c5ccccc5)nc5ccccc5c4c3nc2-c2ccc(C#N)cc2)cc1. The number of benzene rings is 5. The van der Waals surface area contributed by atoms with Gasteiger partial charge in [0.05, 0.1) is 68.5 Å². The van der Waals surface area contributed by atoms with Gasteiger partial charge in [0.2, 0.25) is 0 Å². The van der Waals surface area contributed by atoms with E-state index in [-0.39, 0.29) is 0 Å². The maximum Gasteiger partial charge on any atom is 0.0999 e. The van der Waals surface area contributed by atoms with Gasteiger partial charge in [-0.1, -0.05) is 72.8 Å². The van der Waals surface area contributed by atoms with Gasteiger partial charge in [-0.25, -0.2) is 15.0 Å². The minimum absolute atomic E-state index is 0.459. The molecule has 0 aliphatic heterocycles. The lowest BCUT2D eigenvalue weighted by atomic mass is 9.94. The molecule has 0 aliphatic carbocycles. The summed E-state index contributed by atoms with van der Waals surface area (Å²) >= 11 is 0. The van der Waals surface area contributed by atoms with Gasteiger partial charge in [0.1, 0.15) is 0 Å². The molecular formula is C36H18N6. The van der Waals surface area contributed by atoms with Crippen molar-refractivity contribution in [2.75, 3.05) is 0 Å². The number of nitrogens with zero attached hydrogens (tertiary/aromatic N) is 6. The Kier molecular flexibility index (Phi) is 5.83. The van der Waals surface area contributed by atoms with E-state index in [4.69, 9.17) is 15.0 Å². The highest BCUT2D eigenvalue weighted by atomic mass is 14.8. The molecule has 0 unspecified atom stereocenters. The van der Waals surface area contributed by atoms with Crippen molar-refractivity contribution in [3.05, 3.63) is 126 Å². The Balaban J connectivity index is 1.66. The van der Waals surface area contributed by atoms with E-state index in [2.05, 4.69) is 18.2 Å². The molecule has 0 radical (unpaired) electrons. The van der Waals surface area contributed by atoms with Gasteiger partial charge in [-0.3, -0.25) is 0 Å². The summed E-state index contributed by atoms with van der Waals surface area (Å²) in [5.74, 6) is 0. The average Bonchev–Trinajstić information content (AvgIpc) is 3.07. The van der Waals surface area contributed by atoms with E-state index in [1.54, 1.807) is 30.3 Å². The summed E-state index contributed by atoms with van der Waals surface area (Å²) in [6.45, 7) is 0. The van der Waals surface area contributed by atoms with Crippen LogP contribution in [0.3, 0.4) is 0 Å². The third-order valence-corrected chi connectivity index (χ3v) is 7.34. The molecule has 0 spiro atoms. The predicted octanol–water partition coefficient (Wildman–Crippen LogP) is 7.95. The first kappa shape index (κ1) is 24.6. The Labute approximate surface area is 241 Å². The monoisotopic (exact) mass is 534 g/mol. The lowest BCUT2D eigenvalue weighted by Crippen LogP contribution is -2.00. The molecule has 6 heteroatoms. The number of aromatic nitrogens is 3. The van der Waals surface area contributed by atoms with Gasteiger partial charge in [0.15, 0.2) is 0 Å². The minimum atomic E-state index is 0.459. The Morgan fingerprint density at radius 3 is 1.62 bits per heavy atom. The van der Waals surface area contributed by atoms with Gasteiger partial charge in [0.25, 0.3) is 0 Å². The summed E-state index contributed by atoms with van der Waals surface area (Å²) < 4.78 is 0. The molecule has 2 heterocycles. The van der Waals surface area contributed by atoms with Crippen molar-refractivity contribution < 1.29 is 0 Å². The van der Waals surface area contributed by atoms with Gasteiger partial charge >= 0.3 is 0 Å². The van der Waals surface area contributed by atoms with Crippen molar-refractivity contribution in [3.8, 4) is 52.0 Å². The fourth-order valence-electron chi connectivity index (χ4n) is 5.36. The number of hydrogen-bond donors (Lipinski definition) is 0. The zero-order chi connectivity index (χ0) is 28.6. The van der Waals surface area contributed by atoms with Crippen LogP contribution in [0.4, 0.5) is 0 Å². The van der Waals surface area contributed by atoms with E-state index in [1.807, 2.05) is 78.9 Å². The van der Waals surface area contributed by atoms with E-state index in [9.17, 15) is 15.8 Å². The maximum absolute atomic E-state index is 10.4. The zero-order valence-electron chi connectivity index (χ0n) is 22.1. The van der Waals surface area contributed by atoms with Crippen LogP contribution in [0, 0.1) is 34.0 Å². The summed E-state index contributed by atoms with van der Waals surface area (Å²) in [6.07, 6.45) is 0. The average molecular weight is 535 g/mol. The van der Waals surface area contributed by atoms with Crippen LogP contribution >= 0.6 is 0 Å². The third-order valence-electron chi connectivity index (χ3n) is 7.34. The van der Waals surface area contributed by atoms with Crippen molar-refractivity contribution in [2.24, 2.45) is 0 Å². The highest BCUT2D eigenvalue weighted by Gasteiger charge is 2.21. The van der Waals surface area contributed by atoms with Crippen LogP contribution in [0.15, 0.2) is 109 Å². The summed E-state index contributed by atoms with van der Waals surface area (Å²) in [5, 5.41) is 31.5. The quantitative estimate of drug-likeness (QED) is 0.213. The molecule has 0 saturated heterocycles. The number of hydrogen-bond acceptors (Lipinski definition) is 6. The van der Waals surface area contributed by atoms with Crippen molar-refractivity contribution in [2.45, 2.75) is 0 Å². The maximum atomic E-state index is 10.4. The van der Waals surface area contributed by atoms with Crippen LogP contribution < -0.4 is 0 Å². The standard InChI is InChI=1S/C36H18N6/c37-19-22-10-14-25(15-11-22)34-35(26-16-12-23(20-38)13-17-26)42-36-30(41-34)18-27(21-39)31-32(36)28-8-4-5-9-29(28)40-33(31)24-6-2-1-3-7-24/h1-18H. The van der Waals surface area contributed by atoms with Crippen LogP contribution in [0.5, 0.6) is 0 Å². The highest BCUT2D eigenvalue weighted by Crippen LogP contribution is 2.40. The molecule has 6 nitrogen and oxygen atoms in total. The van der Waals surface area contributed by atoms with Crippen LogP contribution in [0.25, 0.3) is 66.5 Å². The second kappa shape index (κ2) is 9.96. The first-order valence-electron chi connectivity index (χ1n) is 13.2. The fraction of sp³-hybridized carbons (Fsp3) is 0. The Morgan fingerprint density at radius 2 is 1.00 bits per heavy atom. The fourth-order valence-corrected chi connectivity index (χ4v) is 5.36. The van der Waals surface area contributed by atoms with E-state index in [1.165, 1.54) is 0 Å². The summed E-state index contributed by atoms with van der Waals surface area (Å²) in [5.41, 5.74) is 7.99. The van der Waals surface area contributed by atoms with E-state index < -0.39 is 0 Å². The number of nitriles is 3. The molecule has 7 rings (SSSR count). The molecule has 0 saturated carbocycles. The largest absolute Gasteiger partial charge is 0.247 e. The lowest BCUT2D eigenvalue weighted by Gasteiger charge is -2.16. The molecule has 192 valence electrons. The molecule has 0 fully saturated rings. The predicted molar refractivity (Wildman–Crippen MR) is 163 cm³/mol. The molecule has 0 atom stereocenters. The summed E-state index contributed by atoms with van der Waals surface area (Å²) in [6, 6.07) is 40.6. The third kappa shape index (κ3) is 3.98. The lowest BCUT2D eigenvalue weighted by molar-refractivity contribution is 1.29. The Hall–Kier alpha value is -6.42. The summed E-state index contributed by atoms with van der Waals surface area (Å²) in [7, 11) is 0. The normalized spacial score (nSPS) is 10.8. The summed E-state index contributed by atoms with van der Waals surface area (Å²) in [4.78, 5) is 15.4. The second-order valence-corrected chi connectivity index (χ2v) is 9.80. The first-order valence-corrected chi connectivity index (χ1v) is 13.2. The van der Waals surface area contributed by atoms with Crippen LogP contribution in [-0.4, -0.2) is 15.0 Å². The topological polar surface area (TPSA) is 110 Å². The zero-order valence-corrected chi connectivity index (χ0v) is 22.1. The first-order chi connectivity index (χ1) is 20.7. The number of para-hydroxylation sites is 1.